The summed E-state index contributed by atoms with van der Waals surface area (Å²) >= 11 is 0. The van der Waals surface area contributed by atoms with Gasteiger partial charge in [-0.15, -0.1) is 0 Å². The molecule has 8 heteroatoms. The first-order valence-electron chi connectivity index (χ1n) is 9.39. The van der Waals surface area contributed by atoms with Crippen LogP contribution in [0, 0.1) is 13.8 Å². The lowest BCUT2D eigenvalue weighted by Crippen LogP contribution is -2.41. The minimum absolute atomic E-state index is 0.0327. The number of aromatic nitrogens is 1. The summed E-state index contributed by atoms with van der Waals surface area (Å²) in [5.41, 5.74) is 3.22. The Morgan fingerprint density at radius 1 is 1.36 bits per heavy atom. The van der Waals surface area contributed by atoms with E-state index in [0.29, 0.717) is 19.0 Å². The van der Waals surface area contributed by atoms with Crippen molar-refractivity contribution in [1.29, 1.82) is 0 Å². The van der Waals surface area contributed by atoms with Crippen LogP contribution >= 0.6 is 0 Å². The topological polar surface area (TPSA) is 98.5 Å². The van der Waals surface area contributed by atoms with Gasteiger partial charge in [-0.05, 0) is 45.2 Å². The van der Waals surface area contributed by atoms with Crippen molar-refractivity contribution in [3.05, 3.63) is 41.3 Å². The zero-order valence-electron chi connectivity index (χ0n) is 16.4. The number of amides is 1. The maximum absolute atomic E-state index is 12.6. The second-order valence-electron chi connectivity index (χ2n) is 7.29. The summed E-state index contributed by atoms with van der Waals surface area (Å²) in [7, 11) is -3.72. The monoisotopic (exact) mass is 406 g/mol. The van der Waals surface area contributed by atoms with E-state index in [9.17, 15) is 13.2 Å². The summed E-state index contributed by atoms with van der Waals surface area (Å²) in [5.74, 6) is -0.498. The van der Waals surface area contributed by atoms with Crippen molar-refractivity contribution in [3.8, 4) is 11.5 Å². The highest BCUT2D eigenvalue weighted by molar-refractivity contribution is 7.92. The van der Waals surface area contributed by atoms with Gasteiger partial charge in [0, 0.05) is 18.7 Å². The van der Waals surface area contributed by atoms with E-state index in [-0.39, 0.29) is 17.6 Å². The number of rotatable bonds is 7. The van der Waals surface area contributed by atoms with Gasteiger partial charge in [0.1, 0.15) is 11.5 Å². The van der Waals surface area contributed by atoms with Crippen molar-refractivity contribution in [2.75, 3.05) is 13.2 Å². The van der Waals surface area contributed by atoms with Gasteiger partial charge in [0.05, 0.1) is 17.6 Å². The Morgan fingerprint density at radius 3 is 2.82 bits per heavy atom. The third-order valence-electron chi connectivity index (χ3n) is 4.95. The Bertz CT molecular complexity index is 945. The minimum atomic E-state index is -3.72. The maximum Gasteiger partial charge on any atom is 0.238 e. The van der Waals surface area contributed by atoms with Crippen LogP contribution in [0.2, 0.25) is 0 Å². The predicted octanol–water partition coefficient (Wildman–Crippen LogP) is 2.56. The van der Waals surface area contributed by atoms with E-state index in [0.717, 1.165) is 29.5 Å². The van der Waals surface area contributed by atoms with Gasteiger partial charge in [-0.3, -0.25) is 4.79 Å². The Hall–Kier alpha value is -2.19. The molecule has 1 aromatic carbocycles. The molecule has 7 nitrogen and oxygen atoms in total. The second-order valence-corrected chi connectivity index (χ2v) is 9.61. The van der Waals surface area contributed by atoms with Gasteiger partial charge in [0.25, 0.3) is 0 Å². The predicted molar refractivity (Wildman–Crippen MR) is 105 cm³/mol. The minimum Gasteiger partial charge on any atom is -0.444 e. The van der Waals surface area contributed by atoms with Gasteiger partial charge in [-0.25, -0.2) is 13.4 Å². The first-order chi connectivity index (χ1) is 13.3. The van der Waals surface area contributed by atoms with Gasteiger partial charge in [0.2, 0.25) is 11.8 Å². The van der Waals surface area contributed by atoms with Gasteiger partial charge >= 0.3 is 0 Å². The van der Waals surface area contributed by atoms with Crippen LogP contribution in [-0.4, -0.2) is 43.8 Å². The van der Waals surface area contributed by atoms with Gasteiger partial charge < -0.3 is 14.5 Å². The molecule has 0 unspecified atom stereocenters. The molecule has 1 amide bonds. The summed E-state index contributed by atoms with van der Waals surface area (Å²) in [6, 6.07) is 5.86. The lowest BCUT2D eigenvalue weighted by atomic mass is 10.1. The molecule has 1 aliphatic heterocycles. The number of nitrogens with zero attached hydrogens (tertiary/aromatic N) is 1. The third kappa shape index (κ3) is 4.80. The molecule has 0 aliphatic carbocycles. The summed E-state index contributed by atoms with van der Waals surface area (Å²) in [6.07, 6.45) is 3.14. The molecule has 2 heterocycles. The second kappa shape index (κ2) is 8.45. The molecule has 1 fully saturated rings. The molecular formula is C20H26N2O5S. The average molecular weight is 407 g/mol. The van der Waals surface area contributed by atoms with E-state index in [2.05, 4.69) is 10.3 Å². The summed E-state index contributed by atoms with van der Waals surface area (Å²) in [6.45, 7) is 6.35. The van der Waals surface area contributed by atoms with Crippen molar-refractivity contribution in [1.82, 2.24) is 10.3 Å². The van der Waals surface area contributed by atoms with Crippen LogP contribution < -0.4 is 5.32 Å². The highest BCUT2D eigenvalue weighted by atomic mass is 32.2. The van der Waals surface area contributed by atoms with E-state index in [1.807, 2.05) is 32.0 Å². The van der Waals surface area contributed by atoms with E-state index < -0.39 is 21.0 Å². The SMILES string of the molecule is Cc1ccc(-c2nc(CS(=O)(=O)[C@H](C)C(=O)NC[C@@H]3CCCO3)co2)c(C)c1. The maximum atomic E-state index is 12.6. The molecule has 1 saturated heterocycles. The molecule has 0 saturated carbocycles. The van der Waals surface area contributed by atoms with Crippen molar-refractivity contribution in [2.24, 2.45) is 0 Å². The van der Waals surface area contributed by atoms with Crippen molar-refractivity contribution in [2.45, 2.75) is 50.7 Å². The quantitative estimate of drug-likeness (QED) is 0.759. The third-order valence-corrected chi connectivity index (χ3v) is 6.94. The standard InChI is InChI=1S/C20H26N2O5S/c1-13-6-7-18(14(2)9-13)20-22-16(11-27-20)12-28(24,25)15(3)19(23)21-10-17-5-4-8-26-17/h6-7,9,11,15,17H,4-5,8,10,12H2,1-3H3,(H,21,23)/t15-,17+/m1/s1. The van der Waals surface area contributed by atoms with Crippen LogP contribution in [0.3, 0.4) is 0 Å². The van der Waals surface area contributed by atoms with Crippen LogP contribution in [0.4, 0.5) is 0 Å². The molecule has 2 aromatic rings. The number of sulfone groups is 1. The number of aryl methyl sites for hydroxylation is 2. The molecule has 2 atom stereocenters. The number of oxazole rings is 1. The molecular weight excluding hydrogens is 380 g/mol. The molecule has 0 radical (unpaired) electrons. The highest BCUT2D eigenvalue weighted by Crippen LogP contribution is 2.24. The fourth-order valence-corrected chi connectivity index (χ4v) is 4.41. The van der Waals surface area contributed by atoms with Crippen molar-refractivity contribution >= 4 is 15.7 Å². The Kier molecular flexibility index (Phi) is 6.20. The Balaban J connectivity index is 1.64. The van der Waals surface area contributed by atoms with Crippen LogP contribution in [0.5, 0.6) is 0 Å². The number of carbonyl (C=O) groups is 1. The van der Waals surface area contributed by atoms with E-state index in [1.165, 1.54) is 13.2 Å². The smallest absolute Gasteiger partial charge is 0.238 e. The fourth-order valence-electron chi connectivity index (χ4n) is 3.21. The van der Waals surface area contributed by atoms with Gasteiger partial charge in [0.15, 0.2) is 9.84 Å². The van der Waals surface area contributed by atoms with E-state index >= 15 is 0 Å². The first kappa shape index (κ1) is 20.5. The summed E-state index contributed by atoms with van der Waals surface area (Å²) in [5, 5.41) is 1.50. The van der Waals surface area contributed by atoms with Crippen LogP contribution in [-0.2, 0) is 25.1 Å². The lowest BCUT2D eigenvalue weighted by Gasteiger charge is -2.15. The van der Waals surface area contributed by atoms with Crippen LogP contribution in [0.1, 0.15) is 36.6 Å². The summed E-state index contributed by atoms with van der Waals surface area (Å²) < 4.78 is 36.2. The Morgan fingerprint density at radius 2 is 2.14 bits per heavy atom. The molecule has 152 valence electrons. The molecule has 3 rings (SSSR count). The number of benzene rings is 1. The van der Waals surface area contributed by atoms with Gasteiger partial charge in [-0.1, -0.05) is 17.7 Å². The molecule has 28 heavy (non-hydrogen) atoms. The Labute approximate surface area is 165 Å². The van der Waals surface area contributed by atoms with E-state index in [1.54, 1.807) is 0 Å². The van der Waals surface area contributed by atoms with Crippen LogP contribution in [0.15, 0.2) is 28.9 Å². The van der Waals surface area contributed by atoms with E-state index in [4.69, 9.17) is 9.15 Å². The number of hydrogen-bond donors (Lipinski definition) is 1. The van der Waals surface area contributed by atoms with Crippen molar-refractivity contribution < 1.29 is 22.4 Å². The van der Waals surface area contributed by atoms with Crippen molar-refractivity contribution in [3.63, 3.8) is 0 Å². The number of carbonyl (C=O) groups excluding carboxylic acids is 1. The largest absolute Gasteiger partial charge is 0.444 e. The molecule has 1 N–H and O–H groups in total. The molecule has 0 bridgehead atoms. The van der Waals surface area contributed by atoms with Crippen LogP contribution in [0.25, 0.3) is 11.5 Å². The van der Waals surface area contributed by atoms with Gasteiger partial charge in [-0.2, -0.15) is 0 Å². The number of hydrogen-bond acceptors (Lipinski definition) is 6. The fraction of sp³-hybridized carbons (Fsp3) is 0.500. The molecule has 1 aromatic heterocycles. The highest BCUT2D eigenvalue weighted by Gasteiger charge is 2.30. The molecule has 0 spiro atoms. The normalized spacial score (nSPS) is 18.2. The molecule has 1 aliphatic rings. The first-order valence-corrected chi connectivity index (χ1v) is 11.1. The zero-order chi connectivity index (χ0) is 20.3. The zero-order valence-corrected chi connectivity index (χ0v) is 17.2. The number of ether oxygens (including phenoxy) is 1. The summed E-state index contributed by atoms with van der Waals surface area (Å²) in [4.78, 5) is 16.6. The average Bonchev–Trinajstić information content (AvgIpc) is 3.30. The lowest BCUT2D eigenvalue weighted by molar-refractivity contribution is -0.120. The number of nitrogens with one attached hydrogen (secondary N) is 1.